The first-order chi connectivity index (χ1) is 6.81. The predicted molar refractivity (Wildman–Crippen MR) is 57.8 cm³/mol. The highest BCUT2D eigenvalue weighted by Crippen LogP contribution is 2.18. The molecule has 0 atom stereocenters. The summed E-state index contributed by atoms with van der Waals surface area (Å²) in [5.41, 5.74) is 1.00. The zero-order valence-electron chi connectivity index (χ0n) is 7.64. The second kappa shape index (κ2) is 3.84. The SMILES string of the molecule is COc1ccc(-n2nccc2Br)cc1. The lowest BCUT2D eigenvalue weighted by atomic mass is 10.3. The Kier molecular flexibility index (Phi) is 2.54. The van der Waals surface area contributed by atoms with Gasteiger partial charge in [0.05, 0.1) is 19.0 Å². The van der Waals surface area contributed by atoms with Crippen molar-refractivity contribution in [2.75, 3.05) is 7.11 Å². The van der Waals surface area contributed by atoms with E-state index in [1.807, 2.05) is 30.3 Å². The van der Waals surface area contributed by atoms with E-state index in [-0.39, 0.29) is 0 Å². The molecule has 0 saturated heterocycles. The Bertz CT molecular complexity index is 422. The van der Waals surface area contributed by atoms with E-state index in [4.69, 9.17) is 4.74 Å². The monoisotopic (exact) mass is 252 g/mol. The summed E-state index contributed by atoms with van der Waals surface area (Å²) in [4.78, 5) is 0. The third-order valence-electron chi connectivity index (χ3n) is 1.91. The third-order valence-corrected chi connectivity index (χ3v) is 2.51. The van der Waals surface area contributed by atoms with Gasteiger partial charge in [-0.05, 0) is 46.3 Å². The second-order valence-corrected chi connectivity index (χ2v) is 3.58. The van der Waals surface area contributed by atoms with Gasteiger partial charge in [-0.25, -0.2) is 4.68 Å². The minimum absolute atomic E-state index is 0.844. The fraction of sp³-hybridized carbons (Fsp3) is 0.100. The molecule has 1 aromatic heterocycles. The molecule has 2 rings (SSSR count). The highest BCUT2D eigenvalue weighted by atomic mass is 79.9. The first kappa shape index (κ1) is 9.27. The van der Waals surface area contributed by atoms with Crippen LogP contribution in [0, 0.1) is 0 Å². The molecule has 1 heterocycles. The Morgan fingerprint density at radius 3 is 2.43 bits per heavy atom. The van der Waals surface area contributed by atoms with Gasteiger partial charge < -0.3 is 4.74 Å². The van der Waals surface area contributed by atoms with E-state index in [0.717, 1.165) is 16.0 Å². The summed E-state index contributed by atoms with van der Waals surface area (Å²) in [7, 11) is 1.65. The van der Waals surface area contributed by atoms with Crippen molar-refractivity contribution in [1.29, 1.82) is 0 Å². The lowest BCUT2D eigenvalue weighted by Gasteiger charge is -2.04. The summed E-state index contributed by atoms with van der Waals surface area (Å²) < 4.78 is 7.81. The topological polar surface area (TPSA) is 27.1 Å². The predicted octanol–water partition coefficient (Wildman–Crippen LogP) is 2.64. The van der Waals surface area contributed by atoms with Crippen molar-refractivity contribution < 1.29 is 4.74 Å². The number of rotatable bonds is 2. The molecular weight excluding hydrogens is 244 g/mol. The minimum Gasteiger partial charge on any atom is -0.497 e. The number of ether oxygens (including phenoxy) is 1. The standard InChI is InChI=1S/C10H9BrN2O/c1-14-9-4-2-8(3-5-9)13-10(11)6-7-12-13/h2-7H,1H3. The highest BCUT2D eigenvalue weighted by molar-refractivity contribution is 9.10. The molecule has 0 unspecified atom stereocenters. The smallest absolute Gasteiger partial charge is 0.119 e. The van der Waals surface area contributed by atoms with E-state index in [1.165, 1.54) is 0 Å². The Morgan fingerprint density at radius 1 is 1.21 bits per heavy atom. The third kappa shape index (κ3) is 1.65. The molecular formula is C10H9BrN2O. The van der Waals surface area contributed by atoms with Crippen LogP contribution in [-0.2, 0) is 0 Å². The number of hydrogen-bond acceptors (Lipinski definition) is 2. The number of nitrogens with zero attached hydrogens (tertiary/aromatic N) is 2. The molecule has 0 N–H and O–H groups in total. The van der Waals surface area contributed by atoms with Crippen LogP contribution in [0.1, 0.15) is 0 Å². The molecule has 2 aromatic rings. The van der Waals surface area contributed by atoms with Gasteiger partial charge in [-0.2, -0.15) is 5.10 Å². The summed E-state index contributed by atoms with van der Waals surface area (Å²) in [6.07, 6.45) is 1.74. The molecule has 0 aliphatic heterocycles. The molecule has 0 aliphatic rings. The van der Waals surface area contributed by atoms with E-state index in [0.29, 0.717) is 0 Å². The lowest BCUT2D eigenvalue weighted by Crippen LogP contribution is -1.95. The normalized spacial score (nSPS) is 10.1. The van der Waals surface area contributed by atoms with Crippen LogP contribution in [0.25, 0.3) is 5.69 Å². The Morgan fingerprint density at radius 2 is 1.93 bits per heavy atom. The van der Waals surface area contributed by atoms with Gasteiger partial charge in [0, 0.05) is 0 Å². The van der Waals surface area contributed by atoms with Crippen molar-refractivity contribution in [2.24, 2.45) is 0 Å². The molecule has 0 aliphatic carbocycles. The number of benzene rings is 1. The fourth-order valence-electron chi connectivity index (χ4n) is 1.20. The van der Waals surface area contributed by atoms with Crippen LogP contribution >= 0.6 is 15.9 Å². The van der Waals surface area contributed by atoms with E-state index in [2.05, 4.69) is 21.0 Å². The average Bonchev–Trinajstić information content (AvgIpc) is 2.65. The number of hydrogen-bond donors (Lipinski definition) is 0. The summed E-state index contributed by atoms with van der Waals surface area (Å²) >= 11 is 3.41. The van der Waals surface area contributed by atoms with Crippen LogP contribution in [0.2, 0.25) is 0 Å². The van der Waals surface area contributed by atoms with E-state index in [9.17, 15) is 0 Å². The van der Waals surface area contributed by atoms with E-state index >= 15 is 0 Å². The van der Waals surface area contributed by atoms with Gasteiger partial charge in [-0.15, -0.1) is 0 Å². The second-order valence-electron chi connectivity index (χ2n) is 2.76. The average molecular weight is 253 g/mol. The minimum atomic E-state index is 0.844. The zero-order valence-corrected chi connectivity index (χ0v) is 9.23. The largest absolute Gasteiger partial charge is 0.497 e. The summed E-state index contributed by atoms with van der Waals surface area (Å²) in [6, 6.07) is 9.62. The van der Waals surface area contributed by atoms with Crippen LogP contribution in [-0.4, -0.2) is 16.9 Å². The molecule has 14 heavy (non-hydrogen) atoms. The molecule has 0 fully saturated rings. The van der Waals surface area contributed by atoms with Gasteiger partial charge in [0.2, 0.25) is 0 Å². The van der Waals surface area contributed by atoms with Crippen molar-refractivity contribution in [1.82, 2.24) is 9.78 Å². The van der Waals surface area contributed by atoms with Crippen LogP contribution in [0.4, 0.5) is 0 Å². The first-order valence-corrected chi connectivity index (χ1v) is 4.94. The maximum absolute atomic E-state index is 5.08. The molecule has 72 valence electrons. The zero-order chi connectivity index (χ0) is 9.97. The van der Waals surface area contributed by atoms with Gasteiger partial charge in [0.25, 0.3) is 0 Å². The molecule has 0 amide bonds. The van der Waals surface area contributed by atoms with Crippen LogP contribution in [0.5, 0.6) is 5.75 Å². The van der Waals surface area contributed by atoms with Crippen LogP contribution < -0.4 is 4.74 Å². The maximum Gasteiger partial charge on any atom is 0.119 e. The molecule has 0 spiro atoms. The lowest BCUT2D eigenvalue weighted by molar-refractivity contribution is 0.414. The first-order valence-electron chi connectivity index (χ1n) is 4.15. The quantitative estimate of drug-likeness (QED) is 0.822. The molecule has 0 bridgehead atoms. The highest BCUT2D eigenvalue weighted by Gasteiger charge is 2.01. The van der Waals surface area contributed by atoms with Gasteiger partial charge in [0.15, 0.2) is 0 Å². The molecule has 1 aromatic carbocycles. The number of aromatic nitrogens is 2. The van der Waals surface area contributed by atoms with Crippen molar-refractivity contribution >= 4 is 15.9 Å². The van der Waals surface area contributed by atoms with Crippen molar-refractivity contribution in [3.05, 3.63) is 41.1 Å². The Balaban J connectivity index is 2.39. The van der Waals surface area contributed by atoms with Crippen molar-refractivity contribution in [3.8, 4) is 11.4 Å². The Labute approximate surface area is 90.4 Å². The van der Waals surface area contributed by atoms with Crippen molar-refractivity contribution in [3.63, 3.8) is 0 Å². The summed E-state index contributed by atoms with van der Waals surface area (Å²) in [5.74, 6) is 0.844. The maximum atomic E-state index is 5.08. The van der Waals surface area contributed by atoms with Gasteiger partial charge >= 0.3 is 0 Å². The number of methoxy groups -OCH3 is 1. The van der Waals surface area contributed by atoms with Gasteiger partial charge in [0.1, 0.15) is 10.4 Å². The number of halogens is 1. The van der Waals surface area contributed by atoms with Crippen LogP contribution in [0.15, 0.2) is 41.1 Å². The van der Waals surface area contributed by atoms with E-state index < -0.39 is 0 Å². The van der Waals surface area contributed by atoms with Crippen molar-refractivity contribution in [2.45, 2.75) is 0 Å². The Hall–Kier alpha value is -1.29. The fourth-order valence-corrected chi connectivity index (χ4v) is 1.62. The van der Waals surface area contributed by atoms with Crippen LogP contribution in [0.3, 0.4) is 0 Å². The summed E-state index contributed by atoms with van der Waals surface area (Å²) in [5, 5.41) is 4.17. The molecule has 0 radical (unpaired) electrons. The molecule has 0 saturated carbocycles. The van der Waals surface area contributed by atoms with Gasteiger partial charge in [-0.3, -0.25) is 0 Å². The summed E-state index contributed by atoms with van der Waals surface area (Å²) in [6.45, 7) is 0. The molecule has 3 nitrogen and oxygen atoms in total. The molecule has 4 heteroatoms. The van der Waals surface area contributed by atoms with E-state index in [1.54, 1.807) is 18.0 Å². The van der Waals surface area contributed by atoms with Gasteiger partial charge in [-0.1, -0.05) is 0 Å².